The van der Waals surface area contributed by atoms with Crippen LogP contribution >= 0.6 is 12.4 Å². The predicted molar refractivity (Wildman–Crippen MR) is 64.0 cm³/mol. The van der Waals surface area contributed by atoms with Crippen molar-refractivity contribution in [3.63, 3.8) is 0 Å². The first-order valence-corrected chi connectivity index (χ1v) is 5.58. The van der Waals surface area contributed by atoms with E-state index >= 15 is 0 Å². The molecular weight excluding hydrogens is 250 g/mol. The van der Waals surface area contributed by atoms with Crippen molar-refractivity contribution in [2.75, 3.05) is 26.3 Å². The molecule has 0 aliphatic carbocycles. The molecule has 0 aromatic carbocycles. The van der Waals surface area contributed by atoms with Crippen LogP contribution in [0.25, 0.3) is 0 Å². The maximum atomic E-state index is 9.55. The molecule has 0 bridgehead atoms. The Bertz CT molecular complexity index is 209. The van der Waals surface area contributed by atoms with Crippen LogP contribution in [0.2, 0.25) is 0 Å². The summed E-state index contributed by atoms with van der Waals surface area (Å²) in [6, 6.07) is -0.190. The highest BCUT2D eigenvalue weighted by molar-refractivity contribution is 5.85. The van der Waals surface area contributed by atoms with Crippen molar-refractivity contribution in [2.24, 2.45) is 0 Å². The van der Waals surface area contributed by atoms with Gasteiger partial charge in [-0.3, -0.25) is 4.90 Å². The van der Waals surface area contributed by atoms with Crippen LogP contribution in [-0.4, -0.2) is 81.1 Å². The summed E-state index contributed by atoms with van der Waals surface area (Å²) in [6.45, 7) is 0.196. The number of piperidine rings is 1. The summed E-state index contributed by atoms with van der Waals surface area (Å²) in [5.41, 5.74) is 0. The molecule has 1 fully saturated rings. The Kier molecular flexibility index (Phi) is 8.23. The van der Waals surface area contributed by atoms with Crippen LogP contribution in [0.3, 0.4) is 0 Å². The maximum Gasteiger partial charge on any atom is 0.104 e. The lowest BCUT2D eigenvalue weighted by atomic mass is 9.99. The van der Waals surface area contributed by atoms with Gasteiger partial charge in [0.05, 0.1) is 25.4 Å². The fourth-order valence-corrected chi connectivity index (χ4v) is 1.99. The number of rotatable bonds is 5. The molecule has 0 aromatic heterocycles. The van der Waals surface area contributed by atoms with Gasteiger partial charge in [-0.15, -0.1) is 12.4 Å². The second-order valence-electron chi connectivity index (χ2n) is 4.33. The summed E-state index contributed by atoms with van der Waals surface area (Å²) in [5.74, 6) is 0. The summed E-state index contributed by atoms with van der Waals surface area (Å²) < 4.78 is 0. The molecule has 0 saturated carbocycles. The molecule has 104 valence electrons. The summed E-state index contributed by atoms with van der Waals surface area (Å²) in [7, 11) is 0. The van der Waals surface area contributed by atoms with Crippen LogP contribution < -0.4 is 0 Å². The number of halogens is 1. The van der Waals surface area contributed by atoms with Gasteiger partial charge in [-0.25, -0.2) is 0 Å². The zero-order valence-corrected chi connectivity index (χ0v) is 10.5. The van der Waals surface area contributed by atoms with Gasteiger partial charge in [0.15, 0.2) is 0 Å². The van der Waals surface area contributed by atoms with Gasteiger partial charge in [0.1, 0.15) is 6.10 Å². The maximum absolute atomic E-state index is 9.55. The molecule has 7 heteroatoms. The van der Waals surface area contributed by atoms with E-state index < -0.39 is 24.9 Å². The Hall–Kier alpha value is 0.0500. The average molecular weight is 272 g/mol. The van der Waals surface area contributed by atoms with E-state index in [-0.39, 0.29) is 31.6 Å². The molecule has 0 aromatic rings. The lowest BCUT2D eigenvalue weighted by Gasteiger charge is -2.38. The van der Waals surface area contributed by atoms with Gasteiger partial charge < -0.3 is 25.5 Å². The van der Waals surface area contributed by atoms with Crippen LogP contribution in [0, 0.1) is 0 Å². The zero-order valence-electron chi connectivity index (χ0n) is 9.64. The Labute approximate surface area is 107 Å². The zero-order chi connectivity index (χ0) is 12.1. The first-order chi connectivity index (χ1) is 7.58. The van der Waals surface area contributed by atoms with E-state index in [4.69, 9.17) is 10.2 Å². The van der Waals surface area contributed by atoms with Crippen LogP contribution in [0.15, 0.2) is 0 Å². The molecule has 5 N–H and O–H groups in total. The molecule has 4 atom stereocenters. The smallest absolute Gasteiger partial charge is 0.104 e. The highest BCUT2D eigenvalue weighted by Crippen LogP contribution is 2.17. The predicted octanol–water partition coefficient (Wildman–Crippen LogP) is -2.06. The Balaban J connectivity index is 0.00000256. The standard InChI is InChI=1S/C10H21NO5.ClH/c12-5-7-3-8(14)1-2-11(7)4-9(15)10(16)6-13;/h7-10,12-16H,1-6H2;1H/t7-,8+,9-,10-;/m0./s1. The highest BCUT2D eigenvalue weighted by Gasteiger charge is 2.29. The van der Waals surface area contributed by atoms with E-state index in [2.05, 4.69) is 0 Å². The number of nitrogens with zero attached hydrogens (tertiary/aromatic N) is 1. The SMILES string of the molecule is Cl.OC[C@@H]1C[C@H](O)CCN1C[C@H](O)[C@@H](O)CO. The van der Waals surface area contributed by atoms with E-state index in [0.717, 1.165) is 0 Å². The van der Waals surface area contributed by atoms with Crippen molar-refractivity contribution < 1.29 is 25.5 Å². The Morgan fingerprint density at radius 2 is 1.82 bits per heavy atom. The summed E-state index contributed by atoms with van der Waals surface area (Å²) in [4.78, 5) is 1.83. The van der Waals surface area contributed by atoms with Crippen molar-refractivity contribution in [2.45, 2.75) is 37.2 Å². The molecule has 1 heterocycles. The largest absolute Gasteiger partial charge is 0.395 e. The number of aliphatic hydroxyl groups is 5. The lowest BCUT2D eigenvalue weighted by molar-refractivity contribution is -0.0549. The van der Waals surface area contributed by atoms with E-state index in [1.165, 1.54) is 0 Å². The number of aliphatic hydroxyl groups excluding tert-OH is 5. The van der Waals surface area contributed by atoms with Crippen molar-refractivity contribution in [3.05, 3.63) is 0 Å². The highest BCUT2D eigenvalue weighted by atomic mass is 35.5. The summed E-state index contributed by atoms with van der Waals surface area (Å²) in [5, 5.41) is 46.0. The minimum atomic E-state index is -1.16. The van der Waals surface area contributed by atoms with Crippen molar-refractivity contribution in [3.8, 4) is 0 Å². The first-order valence-electron chi connectivity index (χ1n) is 5.58. The number of hydrogen-bond acceptors (Lipinski definition) is 6. The normalized spacial score (nSPS) is 29.5. The van der Waals surface area contributed by atoms with Gasteiger partial charge in [-0.05, 0) is 12.8 Å². The fraction of sp³-hybridized carbons (Fsp3) is 1.00. The van der Waals surface area contributed by atoms with Crippen molar-refractivity contribution in [1.29, 1.82) is 0 Å². The second kappa shape index (κ2) is 8.20. The molecule has 1 rings (SSSR count). The van der Waals surface area contributed by atoms with Gasteiger partial charge in [0.2, 0.25) is 0 Å². The van der Waals surface area contributed by atoms with E-state index in [1.54, 1.807) is 0 Å². The van der Waals surface area contributed by atoms with Gasteiger partial charge in [-0.1, -0.05) is 0 Å². The minimum Gasteiger partial charge on any atom is -0.395 e. The Morgan fingerprint density at radius 3 is 2.35 bits per heavy atom. The number of likely N-dealkylation sites (tertiary alicyclic amines) is 1. The number of β-amino-alcohol motifs (C(OH)–C–C–N with tert-alkyl or cyclic N) is 1. The van der Waals surface area contributed by atoms with Gasteiger partial charge in [0, 0.05) is 19.1 Å². The molecule has 6 nitrogen and oxygen atoms in total. The fourth-order valence-electron chi connectivity index (χ4n) is 1.99. The molecule has 0 spiro atoms. The van der Waals surface area contributed by atoms with Crippen LogP contribution in [0.5, 0.6) is 0 Å². The molecule has 1 aliphatic rings. The third-order valence-electron chi connectivity index (χ3n) is 3.07. The monoisotopic (exact) mass is 271 g/mol. The van der Waals surface area contributed by atoms with Crippen molar-refractivity contribution in [1.82, 2.24) is 4.90 Å². The van der Waals surface area contributed by atoms with Crippen LogP contribution in [0.4, 0.5) is 0 Å². The third-order valence-corrected chi connectivity index (χ3v) is 3.07. The second-order valence-corrected chi connectivity index (χ2v) is 4.33. The van der Waals surface area contributed by atoms with E-state index in [0.29, 0.717) is 19.4 Å². The quantitative estimate of drug-likeness (QED) is 0.394. The topological polar surface area (TPSA) is 104 Å². The van der Waals surface area contributed by atoms with Crippen LogP contribution in [-0.2, 0) is 0 Å². The van der Waals surface area contributed by atoms with Gasteiger partial charge >= 0.3 is 0 Å². The first kappa shape index (κ1) is 17.1. The molecule has 1 aliphatic heterocycles. The van der Waals surface area contributed by atoms with Gasteiger partial charge in [0.25, 0.3) is 0 Å². The molecular formula is C10H22ClNO5. The molecule has 17 heavy (non-hydrogen) atoms. The minimum absolute atomic E-state index is 0. The summed E-state index contributed by atoms with van der Waals surface area (Å²) in [6.07, 6.45) is -1.54. The van der Waals surface area contributed by atoms with E-state index in [1.807, 2.05) is 4.90 Å². The molecule has 0 amide bonds. The molecule has 0 unspecified atom stereocenters. The molecule has 0 radical (unpaired) electrons. The Morgan fingerprint density at radius 1 is 1.18 bits per heavy atom. The average Bonchev–Trinajstić information content (AvgIpc) is 2.30. The van der Waals surface area contributed by atoms with Gasteiger partial charge in [-0.2, -0.15) is 0 Å². The number of hydrogen-bond donors (Lipinski definition) is 5. The summed E-state index contributed by atoms with van der Waals surface area (Å²) >= 11 is 0. The third kappa shape index (κ3) is 5.05. The lowest BCUT2D eigenvalue weighted by Crippen LogP contribution is -2.51. The van der Waals surface area contributed by atoms with Crippen LogP contribution in [0.1, 0.15) is 12.8 Å². The van der Waals surface area contributed by atoms with E-state index in [9.17, 15) is 15.3 Å². The molecule has 1 saturated heterocycles. The van der Waals surface area contributed by atoms with Crippen molar-refractivity contribution >= 4 is 12.4 Å².